The third-order valence-corrected chi connectivity index (χ3v) is 5.93. The summed E-state index contributed by atoms with van der Waals surface area (Å²) < 4.78 is 7.22. The van der Waals surface area contributed by atoms with Gasteiger partial charge in [0.2, 0.25) is 5.16 Å². The van der Waals surface area contributed by atoms with E-state index < -0.39 is 0 Å². The van der Waals surface area contributed by atoms with Gasteiger partial charge in [-0.3, -0.25) is 4.98 Å². The second kappa shape index (κ2) is 7.91. The van der Waals surface area contributed by atoms with E-state index in [-0.39, 0.29) is 6.09 Å². The molecule has 0 bridgehead atoms. The average Bonchev–Trinajstić information content (AvgIpc) is 3.11. The standard InChI is InChI=1S/C18H20N6O2S/c1-23-17(20-21-22-23)27-12-13-6-9-24(10-7-13)18(25)26-15-5-4-14-3-2-8-19-16(14)11-15/h2-5,8,11,13H,6-7,9-10,12H2,1H3. The largest absolute Gasteiger partial charge is 0.415 e. The maximum absolute atomic E-state index is 12.4. The van der Waals surface area contributed by atoms with Gasteiger partial charge in [0.05, 0.1) is 5.52 Å². The van der Waals surface area contributed by atoms with Crippen molar-refractivity contribution in [2.24, 2.45) is 13.0 Å². The maximum Gasteiger partial charge on any atom is 0.415 e. The summed E-state index contributed by atoms with van der Waals surface area (Å²) in [5, 5.41) is 13.3. The van der Waals surface area contributed by atoms with Crippen LogP contribution >= 0.6 is 11.8 Å². The fourth-order valence-corrected chi connectivity index (χ4v) is 4.13. The van der Waals surface area contributed by atoms with E-state index in [4.69, 9.17) is 4.74 Å². The fraction of sp³-hybridized carbons (Fsp3) is 0.389. The van der Waals surface area contributed by atoms with Crippen molar-refractivity contribution in [3.8, 4) is 5.75 Å². The molecule has 0 saturated carbocycles. The van der Waals surface area contributed by atoms with Gasteiger partial charge >= 0.3 is 6.09 Å². The van der Waals surface area contributed by atoms with E-state index in [1.807, 2.05) is 25.2 Å². The summed E-state index contributed by atoms with van der Waals surface area (Å²) in [5.74, 6) is 2.02. The molecule has 1 aromatic carbocycles. The number of carbonyl (C=O) groups is 1. The summed E-state index contributed by atoms with van der Waals surface area (Å²) in [5.41, 5.74) is 0.816. The lowest BCUT2D eigenvalue weighted by Crippen LogP contribution is -2.40. The van der Waals surface area contributed by atoms with Gasteiger partial charge in [0, 0.05) is 43.5 Å². The minimum Gasteiger partial charge on any atom is -0.410 e. The first-order valence-corrected chi connectivity index (χ1v) is 9.84. The van der Waals surface area contributed by atoms with Gasteiger partial charge in [-0.15, -0.1) is 5.10 Å². The Balaban J connectivity index is 1.28. The van der Waals surface area contributed by atoms with Crippen LogP contribution in [0.15, 0.2) is 41.7 Å². The zero-order chi connectivity index (χ0) is 18.6. The van der Waals surface area contributed by atoms with Crippen molar-refractivity contribution in [3.05, 3.63) is 36.5 Å². The van der Waals surface area contributed by atoms with Crippen LogP contribution in [0.4, 0.5) is 4.79 Å². The maximum atomic E-state index is 12.4. The number of nitrogens with zero attached hydrogens (tertiary/aromatic N) is 6. The van der Waals surface area contributed by atoms with Crippen LogP contribution in [0.25, 0.3) is 10.9 Å². The predicted octanol–water partition coefficient (Wildman–Crippen LogP) is 2.76. The number of benzene rings is 1. The number of hydrogen-bond acceptors (Lipinski definition) is 7. The summed E-state index contributed by atoms with van der Waals surface area (Å²) in [6, 6.07) is 9.38. The molecule has 0 atom stereocenters. The molecule has 1 aliphatic rings. The lowest BCUT2D eigenvalue weighted by Gasteiger charge is -2.30. The molecule has 0 unspecified atom stereocenters. The first-order valence-electron chi connectivity index (χ1n) is 8.86. The van der Waals surface area contributed by atoms with Crippen molar-refractivity contribution in [1.82, 2.24) is 30.1 Å². The Kier molecular flexibility index (Phi) is 5.19. The number of hydrogen-bond donors (Lipinski definition) is 0. The van der Waals surface area contributed by atoms with Gasteiger partial charge in [0.15, 0.2) is 0 Å². The van der Waals surface area contributed by atoms with E-state index in [0.29, 0.717) is 24.8 Å². The molecule has 1 aliphatic heterocycles. The first kappa shape index (κ1) is 17.7. The number of piperidine rings is 1. The quantitative estimate of drug-likeness (QED) is 0.639. The van der Waals surface area contributed by atoms with Crippen molar-refractivity contribution in [2.45, 2.75) is 18.0 Å². The van der Waals surface area contributed by atoms with Gasteiger partial charge in [-0.05, 0) is 47.4 Å². The van der Waals surface area contributed by atoms with E-state index >= 15 is 0 Å². The number of fused-ring (bicyclic) bond motifs is 1. The average molecular weight is 384 g/mol. The molecule has 1 amide bonds. The number of carbonyl (C=O) groups excluding carboxylic acids is 1. The van der Waals surface area contributed by atoms with Crippen LogP contribution in [0.5, 0.6) is 5.75 Å². The summed E-state index contributed by atoms with van der Waals surface area (Å²) in [6.45, 7) is 1.40. The van der Waals surface area contributed by atoms with Crippen LogP contribution in [-0.4, -0.2) is 55.0 Å². The van der Waals surface area contributed by atoms with E-state index in [1.54, 1.807) is 39.7 Å². The highest BCUT2D eigenvalue weighted by Gasteiger charge is 2.24. The number of rotatable bonds is 4. The highest BCUT2D eigenvalue weighted by molar-refractivity contribution is 7.99. The molecule has 3 heterocycles. The van der Waals surface area contributed by atoms with Gasteiger partial charge in [0.1, 0.15) is 5.75 Å². The van der Waals surface area contributed by atoms with Crippen LogP contribution in [0, 0.1) is 5.92 Å². The predicted molar refractivity (Wildman–Crippen MR) is 102 cm³/mol. The van der Waals surface area contributed by atoms with Crippen LogP contribution in [0.1, 0.15) is 12.8 Å². The van der Waals surface area contributed by atoms with Gasteiger partial charge in [-0.2, -0.15) is 0 Å². The summed E-state index contributed by atoms with van der Waals surface area (Å²) in [7, 11) is 1.84. The Bertz CT molecular complexity index is 938. The summed E-state index contributed by atoms with van der Waals surface area (Å²) in [4.78, 5) is 18.5. The molecule has 3 aromatic rings. The molecule has 4 rings (SSSR count). The molecule has 8 nitrogen and oxygen atoms in total. The lowest BCUT2D eigenvalue weighted by atomic mass is 9.99. The molecule has 0 radical (unpaired) electrons. The van der Waals surface area contributed by atoms with Crippen molar-refractivity contribution >= 4 is 28.8 Å². The Hall–Kier alpha value is -2.68. The zero-order valence-electron chi connectivity index (χ0n) is 15.0. The molecule has 0 N–H and O–H groups in total. The number of aryl methyl sites for hydroxylation is 1. The molecule has 1 fully saturated rings. The number of aromatic nitrogens is 5. The van der Waals surface area contributed by atoms with E-state index in [9.17, 15) is 4.79 Å². The number of tetrazole rings is 1. The second-order valence-corrected chi connectivity index (χ2v) is 7.54. The molecular weight excluding hydrogens is 364 g/mol. The molecule has 9 heteroatoms. The normalized spacial score (nSPS) is 15.2. The lowest BCUT2D eigenvalue weighted by molar-refractivity contribution is 0.134. The zero-order valence-corrected chi connectivity index (χ0v) is 15.8. The first-order chi connectivity index (χ1) is 13.2. The molecule has 0 spiro atoms. The molecule has 1 saturated heterocycles. The van der Waals surface area contributed by atoms with Crippen molar-refractivity contribution < 1.29 is 9.53 Å². The van der Waals surface area contributed by atoms with E-state index in [0.717, 1.165) is 34.7 Å². The highest BCUT2D eigenvalue weighted by atomic mass is 32.2. The molecular formula is C18H20N6O2S. The number of thioether (sulfide) groups is 1. The Labute approximate surface area is 160 Å². The molecule has 140 valence electrons. The monoisotopic (exact) mass is 384 g/mol. The van der Waals surface area contributed by atoms with Crippen LogP contribution in [-0.2, 0) is 7.05 Å². The third-order valence-electron chi connectivity index (χ3n) is 4.68. The summed E-state index contributed by atoms with van der Waals surface area (Å²) in [6.07, 6.45) is 3.33. The molecule has 0 aliphatic carbocycles. The van der Waals surface area contributed by atoms with Crippen LogP contribution in [0.2, 0.25) is 0 Å². The Morgan fingerprint density at radius 3 is 2.93 bits per heavy atom. The third kappa shape index (κ3) is 4.19. The number of likely N-dealkylation sites (tertiary alicyclic amines) is 1. The Morgan fingerprint density at radius 2 is 2.15 bits per heavy atom. The smallest absolute Gasteiger partial charge is 0.410 e. The van der Waals surface area contributed by atoms with E-state index in [2.05, 4.69) is 20.5 Å². The minimum atomic E-state index is -0.297. The molecule has 2 aromatic heterocycles. The van der Waals surface area contributed by atoms with Crippen LogP contribution in [0.3, 0.4) is 0 Å². The van der Waals surface area contributed by atoms with Crippen molar-refractivity contribution in [1.29, 1.82) is 0 Å². The van der Waals surface area contributed by atoms with Crippen LogP contribution < -0.4 is 4.74 Å². The summed E-state index contributed by atoms with van der Waals surface area (Å²) >= 11 is 1.66. The Morgan fingerprint density at radius 1 is 1.30 bits per heavy atom. The van der Waals surface area contributed by atoms with Gasteiger partial charge < -0.3 is 9.64 Å². The SMILES string of the molecule is Cn1nnnc1SCC1CCN(C(=O)Oc2ccc3cccnc3c2)CC1. The topological polar surface area (TPSA) is 86.0 Å². The number of pyridine rings is 1. The number of ether oxygens (including phenoxy) is 1. The van der Waals surface area contributed by atoms with Gasteiger partial charge in [-0.1, -0.05) is 17.8 Å². The fourth-order valence-electron chi connectivity index (χ4n) is 3.09. The van der Waals surface area contributed by atoms with Gasteiger partial charge in [-0.25, -0.2) is 9.48 Å². The number of amides is 1. The minimum absolute atomic E-state index is 0.297. The van der Waals surface area contributed by atoms with Crippen molar-refractivity contribution in [3.63, 3.8) is 0 Å². The van der Waals surface area contributed by atoms with Gasteiger partial charge in [0.25, 0.3) is 0 Å². The van der Waals surface area contributed by atoms with E-state index in [1.165, 1.54) is 0 Å². The molecule has 27 heavy (non-hydrogen) atoms. The van der Waals surface area contributed by atoms with Crippen molar-refractivity contribution in [2.75, 3.05) is 18.8 Å². The highest BCUT2D eigenvalue weighted by Crippen LogP contribution is 2.26. The second-order valence-electron chi connectivity index (χ2n) is 6.55.